The van der Waals surface area contributed by atoms with Gasteiger partial charge in [0.05, 0.1) is 18.0 Å². The number of thiazole rings is 1. The van der Waals surface area contributed by atoms with Gasteiger partial charge in [-0.15, -0.1) is 11.3 Å². The van der Waals surface area contributed by atoms with Crippen LogP contribution in [-0.4, -0.2) is 16.1 Å². The highest BCUT2D eigenvalue weighted by molar-refractivity contribution is 7.14. The van der Waals surface area contributed by atoms with Gasteiger partial charge in [0, 0.05) is 10.9 Å². The van der Waals surface area contributed by atoms with E-state index in [1.807, 2.05) is 35.7 Å². The molecule has 22 heavy (non-hydrogen) atoms. The fraction of sp³-hybridized carbons (Fsp3) is 0. The molecule has 2 aromatic heterocycles. The van der Waals surface area contributed by atoms with Crippen LogP contribution in [0.15, 0.2) is 57.4 Å². The van der Waals surface area contributed by atoms with Crippen molar-refractivity contribution in [3.05, 3.63) is 63.7 Å². The summed E-state index contributed by atoms with van der Waals surface area (Å²) >= 11 is 1.41. The van der Waals surface area contributed by atoms with E-state index in [2.05, 4.69) is 15.5 Å². The van der Waals surface area contributed by atoms with Crippen LogP contribution in [0.3, 0.4) is 0 Å². The van der Waals surface area contributed by atoms with Crippen LogP contribution in [0.2, 0.25) is 0 Å². The van der Waals surface area contributed by atoms with Crippen LogP contribution in [0.5, 0.6) is 0 Å². The minimum Gasteiger partial charge on any atom is -0.400 e. The molecule has 0 aliphatic carbocycles. The van der Waals surface area contributed by atoms with E-state index in [-0.39, 0.29) is 5.88 Å². The molecule has 0 radical (unpaired) electrons. The van der Waals surface area contributed by atoms with Gasteiger partial charge < -0.3 is 4.42 Å². The lowest BCUT2D eigenvalue weighted by Gasteiger charge is -1.94. The van der Waals surface area contributed by atoms with Crippen LogP contribution >= 0.6 is 11.3 Å². The van der Waals surface area contributed by atoms with Gasteiger partial charge in [0.2, 0.25) is 5.13 Å². The minimum absolute atomic E-state index is 0.291. The molecule has 0 aliphatic rings. The van der Waals surface area contributed by atoms with Crippen molar-refractivity contribution in [1.29, 1.82) is 0 Å². The summed E-state index contributed by atoms with van der Waals surface area (Å²) in [6, 6.07) is 12.5. The number of furan rings is 1. The smallest absolute Gasteiger partial charge is 0.400 e. The van der Waals surface area contributed by atoms with Crippen LogP contribution in [0.4, 0.5) is 11.0 Å². The maximum Gasteiger partial charge on any atom is 0.433 e. The second-order valence-corrected chi connectivity index (χ2v) is 5.07. The Morgan fingerprint density at radius 2 is 2.09 bits per heavy atom. The van der Waals surface area contributed by atoms with Crippen molar-refractivity contribution in [2.45, 2.75) is 0 Å². The SMILES string of the molecule is O=[N+]([O-])c1ccc(/C=N/Nc2nc(-c3ccccc3)cs2)o1. The molecule has 0 spiro atoms. The largest absolute Gasteiger partial charge is 0.433 e. The molecule has 0 unspecified atom stereocenters. The van der Waals surface area contributed by atoms with E-state index in [4.69, 9.17) is 4.42 Å². The van der Waals surface area contributed by atoms with Crippen LogP contribution in [-0.2, 0) is 0 Å². The third-order valence-corrected chi connectivity index (χ3v) is 3.47. The molecule has 3 rings (SSSR count). The van der Waals surface area contributed by atoms with E-state index >= 15 is 0 Å². The standard InChI is InChI=1S/C14H10N4O3S/c19-18(20)13-7-6-11(21-13)8-15-17-14-16-12(9-22-14)10-4-2-1-3-5-10/h1-9H,(H,16,17)/b15-8+. The number of benzene rings is 1. The Labute approximate surface area is 129 Å². The van der Waals surface area contributed by atoms with Crippen LogP contribution in [0, 0.1) is 10.1 Å². The highest BCUT2D eigenvalue weighted by Gasteiger charge is 2.10. The first-order chi connectivity index (χ1) is 10.7. The maximum absolute atomic E-state index is 10.5. The van der Waals surface area contributed by atoms with Crippen LogP contribution in [0.1, 0.15) is 5.76 Å². The average Bonchev–Trinajstić information content (AvgIpc) is 3.18. The predicted molar refractivity (Wildman–Crippen MR) is 84.1 cm³/mol. The molecule has 2 heterocycles. The highest BCUT2D eigenvalue weighted by Crippen LogP contribution is 2.24. The van der Waals surface area contributed by atoms with Crippen molar-refractivity contribution in [3.63, 3.8) is 0 Å². The monoisotopic (exact) mass is 314 g/mol. The van der Waals surface area contributed by atoms with E-state index in [9.17, 15) is 10.1 Å². The van der Waals surface area contributed by atoms with Gasteiger partial charge in [0.25, 0.3) is 0 Å². The summed E-state index contributed by atoms with van der Waals surface area (Å²) in [5.74, 6) is -0.0268. The number of hydrogen-bond acceptors (Lipinski definition) is 7. The normalized spacial score (nSPS) is 10.9. The molecule has 0 saturated heterocycles. The Hall–Kier alpha value is -3.00. The summed E-state index contributed by atoms with van der Waals surface area (Å²) in [6.45, 7) is 0. The van der Waals surface area contributed by atoms with E-state index in [0.29, 0.717) is 10.9 Å². The van der Waals surface area contributed by atoms with Crippen molar-refractivity contribution in [2.24, 2.45) is 5.10 Å². The number of hydrogen-bond donors (Lipinski definition) is 1. The molecule has 0 fully saturated rings. The molecule has 3 aromatic rings. The fourth-order valence-electron chi connectivity index (χ4n) is 1.73. The Balaban J connectivity index is 1.65. The Kier molecular flexibility index (Phi) is 3.92. The first kappa shape index (κ1) is 14.0. The van der Waals surface area contributed by atoms with Crippen molar-refractivity contribution >= 4 is 28.6 Å². The average molecular weight is 314 g/mol. The first-order valence-electron chi connectivity index (χ1n) is 6.26. The Morgan fingerprint density at radius 3 is 2.82 bits per heavy atom. The third kappa shape index (κ3) is 3.18. The number of nitro groups is 1. The van der Waals surface area contributed by atoms with E-state index in [1.165, 1.54) is 29.7 Å². The van der Waals surface area contributed by atoms with Gasteiger partial charge in [0.15, 0.2) is 5.76 Å². The highest BCUT2D eigenvalue weighted by atomic mass is 32.1. The van der Waals surface area contributed by atoms with Crippen LogP contribution < -0.4 is 5.43 Å². The maximum atomic E-state index is 10.5. The second-order valence-electron chi connectivity index (χ2n) is 4.21. The lowest BCUT2D eigenvalue weighted by Crippen LogP contribution is -1.89. The van der Waals surface area contributed by atoms with Gasteiger partial charge in [-0.25, -0.2) is 4.98 Å². The number of hydrazone groups is 1. The molecule has 1 N–H and O–H groups in total. The van der Waals surface area contributed by atoms with Gasteiger partial charge in [-0.2, -0.15) is 5.10 Å². The molecule has 7 nitrogen and oxygen atoms in total. The topological polar surface area (TPSA) is 93.6 Å². The van der Waals surface area contributed by atoms with E-state index in [0.717, 1.165) is 11.3 Å². The number of aromatic nitrogens is 1. The first-order valence-corrected chi connectivity index (χ1v) is 7.14. The summed E-state index contributed by atoms with van der Waals surface area (Å²) in [6.07, 6.45) is 1.36. The van der Waals surface area contributed by atoms with Gasteiger partial charge >= 0.3 is 5.88 Å². The summed E-state index contributed by atoms with van der Waals surface area (Å²) in [4.78, 5) is 14.3. The summed E-state index contributed by atoms with van der Waals surface area (Å²) in [5.41, 5.74) is 4.65. The van der Waals surface area contributed by atoms with Gasteiger partial charge in [-0.1, -0.05) is 30.3 Å². The van der Waals surface area contributed by atoms with Gasteiger partial charge in [-0.05, 0) is 6.07 Å². The molecule has 8 heteroatoms. The van der Waals surface area contributed by atoms with Crippen molar-refractivity contribution in [2.75, 3.05) is 5.43 Å². The van der Waals surface area contributed by atoms with Gasteiger partial charge in [0.1, 0.15) is 4.92 Å². The zero-order valence-electron chi connectivity index (χ0n) is 11.2. The molecule has 0 aliphatic heterocycles. The summed E-state index contributed by atoms with van der Waals surface area (Å²) in [7, 11) is 0. The van der Waals surface area contributed by atoms with Gasteiger partial charge in [-0.3, -0.25) is 15.5 Å². The van der Waals surface area contributed by atoms with Crippen molar-refractivity contribution < 1.29 is 9.34 Å². The Bertz CT molecular complexity index is 810. The molecule has 110 valence electrons. The zero-order chi connectivity index (χ0) is 15.4. The molecule has 1 aromatic carbocycles. The number of nitrogens with one attached hydrogen (secondary N) is 1. The summed E-state index contributed by atoms with van der Waals surface area (Å²) in [5, 5.41) is 17.0. The molecular formula is C14H10N4O3S. The van der Waals surface area contributed by atoms with Crippen molar-refractivity contribution in [3.8, 4) is 11.3 Å². The minimum atomic E-state index is -0.599. The van der Waals surface area contributed by atoms with Crippen molar-refractivity contribution in [1.82, 2.24) is 4.98 Å². The van der Waals surface area contributed by atoms with E-state index in [1.54, 1.807) is 0 Å². The third-order valence-electron chi connectivity index (χ3n) is 2.72. The molecule has 0 atom stereocenters. The number of anilines is 1. The number of nitrogens with zero attached hydrogens (tertiary/aromatic N) is 3. The predicted octanol–water partition coefficient (Wildman–Crippen LogP) is 3.76. The molecule has 0 amide bonds. The quantitative estimate of drug-likeness (QED) is 0.439. The number of rotatable bonds is 5. The zero-order valence-corrected chi connectivity index (χ0v) is 12.0. The fourth-order valence-corrected chi connectivity index (χ4v) is 2.40. The molecular weight excluding hydrogens is 304 g/mol. The van der Waals surface area contributed by atoms with Crippen LogP contribution in [0.25, 0.3) is 11.3 Å². The molecule has 0 saturated carbocycles. The second kappa shape index (κ2) is 6.19. The Morgan fingerprint density at radius 1 is 1.27 bits per heavy atom. The summed E-state index contributed by atoms with van der Waals surface area (Å²) < 4.78 is 4.95. The lowest BCUT2D eigenvalue weighted by atomic mass is 10.2. The molecule has 0 bridgehead atoms. The van der Waals surface area contributed by atoms with E-state index < -0.39 is 4.92 Å². The lowest BCUT2D eigenvalue weighted by molar-refractivity contribution is -0.402.